The highest BCUT2D eigenvalue weighted by molar-refractivity contribution is 7.99. The summed E-state index contributed by atoms with van der Waals surface area (Å²) in [5.41, 5.74) is 1.29. The van der Waals surface area contributed by atoms with Crippen LogP contribution in [0.15, 0.2) is 12.4 Å². The zero-order chi connectivity index (χ0) is 8.39. The van der Waals surface area contributed by atoms with Gasteiger partial charge in [-0.3, -0.25) is 4.68 Å². The smallest absolute Gasteiger partial charge is 0.0820 e. The van der Waals surface area contributed by atoms with Gasteiger partial charge < -0.3 is 5.32 Å². The monoisotopic (exact) mass is 183 g/mol. The summed E-state index contributed by atoms with van der Waals surface area (Å²) in [5.74, 6) is 1.26. The van der Waals surface area contributed by atoms with Crippen molar-refractivity contribution < 1.29 is 0 Å². The fourth-order valence-electron chi connectivity index (χ4n) is 1.36. The molecule has 0 aromatic carbocycles. The lowest BCUT2D eigenvalue weighted by atomic mass is 10.3. The molecule has 2 heterocycles. The maximum Gasteiger partial charge on any atom is 0.0820 e. The molecule has 1 atom stereocenters. The maximum atomic E-state index is 4.16. The molecule has 3 nitrogen and oxygen atoms in total. The van der Waals surface area contributed by atoms with Gasteiger partial charge in [0.1, 0.15) is 0 Å². The molecule has 1 aromatic rings. The van der Waals surface area contributed by atoms with Gasteiger partial charge in [-0.15, -0.1) is 11.8 Å². The molecule has 2 rings (SSSR count). The number of thioether (sulfide) groups is 1. The Kier molecular flexibility index (Phi) is 2.37. The first kappa shape index (κ1) is 8.13. The van der Waals surface area contributed by atoms with E-state index in [1.54, 1.807) is 0 Å². The summed E-state index contributed by atoms with van der Waals surface area (Å²) >= 11 is 1.97. The Bertz CT molecular complexity index is 253. The first-order valence-electron chi connectivity index (χ1n) is 4.20. The van der Waals surface area contributed by atoms with E-state index in [1.807, 2.05) is 29.7 Å². The van der Waals surface area contributed by atoms with E-state index >= 15 is 0 Å². The van der Waals surface area contributed by atoms with E-state index in [4.69, 9.17) is 0 Å². The van der Waals surface area contributed by atoms with Crippen LogP contribution in [0, 0.1) is 0 Å². The van der Waals surface area contributed by atoms with E-state index in [-0.39, 0.29) is 0 Å². The Balaban J connectivity index is 2.08. The van der Waals surface area contributed by atoms with Gasteiger partial charge in [-0.25, -0.2) is 0 Å². The van der Waals surface area contributed by atoms with Gasteiger partial charge in [0, 0.05) is 18.8 Å². The fraction of sp³-hybridized carbons (Fsp3) is 0.625. The van der Waals surface area contributed by atoms with Crippen LogP contribution in [0.5, 0.6) is 0 Å². The Morgan fingerprint density at radius 3 is 3.25 bits per heavy atom. The van der Waals surface area contributed by atoms with Crippen LogP contribution in [0.25, 0.3) is 0 Å². The van der Waals surface area contributed by atoms with Gasteiger partial charge >= 0.3 is 0 Å². The number of nitrogens with one attached hydrogen (secondary N) is 1. The molecular weight excluding hydrogens is 170 g/mol. The lowest BCUT2D eigenvalue weighted by molar-refractivity contribution is 0.642. The molecule has 0 amide bonds. The second-order valence-electron chi connectivity index (χ2n) is 3.01. The Morgan fingerprint density at radius 2 is 2.67 bits per heavy atom. The molecule has 0 radical (unpaired) electrons. The Hall–Kier alpha value is -0.480. The van der Waals surface area contributed by atoms with E-state index in [2.05, 4.69) is 16.6 Å². The minimum Gasteiger partial charge on any atom is -0.302 e. The van der Waals surface area contributed by atoms with Crippen LogP contribution in [0.3, 0.4) is 0 Å². The molecule has 12 heavy (non-hydrogen) atoms. The average Bonchev–Trinajstić information content (AvgIpc) is 2.54. The van der Waals surface area contributed by atoms with Crippen LogP contribution in [-0.4, -0.2) is 22.1 Å². The standard InChI is InChI=1S/C8H13N3S/c1-11-6-7(5-10-11)8-9-3-2-4-12-8/h5-6,8-9H,2-4H2,1H3. The topological polar surface area (TPSA) is 29.9 Å². The first-order valence-corrected chi connectivity index (χ1v) is 5.24. The van der Waals surface area contributed by atoms with Crippen molar-refractivity contribution in [2.75, 3.05) is 12.3 Å². The summed E-state index contributed by atoms with van der Waals surface area (Å²) in [7, 11) is 1.96. The largest absolute Gasteiger partial charge is 0.302 e. The molecule has 1 unspecified atom stereocenters. The number of rotatable bonds is 1. The Labute approximate surface area is 76.5 Å². The lowest BCUT2D eigenvalue weighted by Gasteiger charge is -2.21. The Morgan fingerprint density at radius 1 is 1.75 bits per heavy atom. The number of aromatic nitrogens is 2. The molecule has 1 fully saturated rings. The van der Waals surface area contributed by atoms with Crippen LogP contribution in [0.2, 0.25) is 0 Å². The summed E-state index contributed by atoms with van der Waals surface area (Å²) in [6.07, 6.45) is 5.30. The van der Waals surface area contributed by atoms with Crippen molar-refractivity contribution >= 4 is 11.8 Å². The van der Waals surface area contributed by atoms with Gasteiger partial charge in [0.25, 0.3) is 0 Å². The van der Waals surface area contributed by atoms with Gasteiger partial charge in [-0.2, -0.15) is 5.10 Å². The first-order chi connectivity index (χ1) is 5.86. The molecular formula is C8H13N3S. The van der Waals surface area contributed by atoms with E-state index < -0.39 is 0 Å². The van der Waals surface area contributed by atoms with Crippen molar-refractivity contribution in [2.45, 2.75) is 11.8 Å². The number of aryl methyl sites for hydroxylation is 1. The highest BCUT2D eigenvalue weighted by Gasteiger charge is 2.15. The molecule has 1 N–H and O–H groups in total. The van der Waals surface area contributed by atoms with Crippen LogP contribution in [0.1, 0.15) is 17.4 Å². The molecule has 1 aromatic heterocycles. The predicted octanol–water partition coefficient (Wildman–Crippen LogP) is 1.15. The van der Waals surface area contributed by atoms with E-state index in [0.717, 1.165) is 6.54 Å². The summed E-state index contributed by atoms with van der Waals surface area (Å²) in [6.45, 7) is 1.13. The summed E-state index contributed by atoms with van der Waals surface area (Å²) in [5, 5.41) is 8.08. The predicted molar refractivity (Wildman–Crippen MR) is 51.0 cm³/mol. The molecule has 0 bridgehead atoms. The summed E-state index contributed by atoms with van der Waals surface area (Å²) in [4.78, 5) is 0. The van der Waals surface area contributed by atoms with E-state index in [1.165, 1.54) is 17.7 Å². The fourth-order valence-corrected chi connectivity index (χ4v) is 2.45. The number of nitrogens with zero attached hydrogens (tertiary/aromatic N) is 2. The molecule has 0 aliphatic carbocycles. The van der Waals surface area contributed by atoms with Gasteiger partial charge in [0.15, 0.2) is 0 Å². The quantitative estimate of drug-likeness (QED) is 0.708. The number of hydrogen-bond acceptors (Lipinski definition) is 3. The van der Waals surface area contributed by atoms with Crippen LogP contribution >= 0.6 is 11.8 Å². The normalized spacial score (nSPS) is 24.2. The van der Waals surface area contributed by atoms with Crippen molar-refractivity contribution in [3.63, 3.8) is 0 Å². The van der Waals surface area contributed by atoms with Gasteiger partial charge in [0.2, 0.25) is 0 Å². The highest BCUT2D eigenvalue weighted by Crippen LogP contribution is 2.28. The van der Waals surface area contributed by atoms with Crippen molar-refractivity contribution in [1.29, 1.82) is 0 Å². The third kappa shape index (κ3) is 1.64. The highest BCUT2D eigenvalue weighted by atomic mass is 32.2. The molecule has 1 aliphatic heterocycles. The van der Waals surface area contributed by atoms with Crippen molar-refractivity contribution in [1.82, 2.24) is 15.1 Å². The van der Waals surface area contributed by atoms with E-state index in [9.17, 15) is 0 Å². The van der Waals surface area contributed by atoms with Gasteiger partial charge in [-0.05, 0) is 18.7 Å². The third-order valence-electron chi connectivity index (χ3n) is 1.96. The summed E-state index contributed by atoms with van der Waals surface area (Å²) in [6, 6.07) is 0. The molecule has 1 saturated heterocycles. The lowest BCUT2D eigenvalue weighted by Crippen LogP contribution is -2.24. The molecule has 0 spiro atoms. The second-order valence-corrected chi connectivity index (χ2v) is 4.22. The maximum absolute atomic E-state index is 4.16. The SMILES string of the molecule is Cn1cc(C2NCCCS2)cn1. The average molecular weight is 183 g/mol. The third-order valence-corrected chi connectivity index (χ3v) is 3.26. The van der Waals surface area contributed by atoms with Crippen molar-refractivity contribution in [3.8, 4) is 0 Å². The second kappa shape index (κ2) is 3.49. The minimum absolute atomic E-state index is 0.465. The summed E-state index contributed by atoms with van der Waals surface area (Å²) < 4.78 is 1.85. The zero-order valence-electron chi connectivity index (χ0n) is 7.16. The molecule has 66 valence electrons. The number of hydrogen-bond donors (Lipinski definition) is 1. The zero-order valence-corrected chi connectivity index (χ0v) is 7.97. The van der Waals surface area contributed by atoms with Crippen LogP contribution in [0.4, 0.5) is 0 Å². The van der Waals surface area contributed by atoms with Gasteiger partial charge in [-0.1, -0.05) is 0 Å². The van der Waals surface area contributed by atoms with E-state index in [0.29, 0.717) is 5.37 Å². The van der Waals surface area contributed by atoms with Crippen LogP contribution < -0.4 is 5.32 Å². The van der Waals surface area contributed by atoms with Crippen molar-refractivity contribution in [3.05, 3.63) is 18.0 Å². The van der Waals surface area contributed by atoms with Crippen LogP contribution in [-0.2, 0) is 7.05 Å². The molecule has 1 aliphatic rings. The molecule has 0 saturated carbocycles. The molecule has 4 heteroatoms. The van der Waals surface area contributed by atoms with Crippen molar-refractivity contribution in [2.24, 2.45) is 7.05 Å². The minimum atomic E-state index is 0.465. The van der Waals surface area contributed by atoms with Gasteiger partial charge in [0.05, 0.1) is 11.6 Å².